The van der Waals surface area contributed by atoms with Gasteiger partial charge in [0.15, 0.2) is 5.13 Å². The van der Waals surface area contributed by atoms with Crippen molar-refractivity contribution in [1.82, 2.24) is 9.97 Å². The molecule has 0 aliphatic carbocycles. The van der Waals surface area contributed by atoms with E-state index in [2.05, 4.69) is 9.97 Å². The van der Waals surface area contributed by atoms with Crippen molar-refractivity contribution in [3.63, 3.8) is 0 Å². The van der Waals surface area contributed by atoms with Gasteiger partial charge in [0.05, 0.1) is 16.2 Å². The van der Waals surface area contributed by atoms with Crippen molar-refractivity contribution >= 4 is 38.3 Å². The molecule has 0 spiro atoms. The summed E-state index contributed by atoms with van der Waals surface area (Å²) in [5, 5.41) is 11.6. The number of para-hydroxylation sites is 1. The Morgan fingerprint density at radius 3 is 2.70 bits per heavy atom. The molecule has 1 amide bonds. The summed E-state index contributed by atoms with van der Waals surface area (Å²) in [5.74, 6) is -0.935. The molecule has 0 N–H and O–H groups in total. The molecule has 0 radical (unpaired) electrons. The summed E-state index contributed by atoms with van der Waals surface area (Å²) in [7, 11) is 0. The van der Waals surface area contributed by atoms with Gasteiger partial charge >= 0.3 is 0 Å². The highest BCUT2D eigenvalue weighted by molar-refractivity contribution is 7.22. The lowest BCUT2D eigenvalue weighted by Gasteiger charge is -2.21. The van der Waals surface area contributed by atoms with Gasteiger partial charge in [0.2, 0.25) is 0 Å². The first kappa shape index (κ1) is 19.6. The Labute approximate surface area is 174 Å². The van der Waals surface area contributed by atoms with Crippen LogP contribution in [-0.2, 0) is 6.54 Å². The number of carbonyl (C=O) groups is 1. The van der Waals surface area contributed by atoms with Crippen molar-refractivity contribution in [2.45, 2.75) is 13.5 Å². The predicted octanol–water partition coefficient (Wildman–Crippen LogP) is 4.89. The number of amides is 1. The Morgan fingerprint density at radius 1 is 1.20 bits per heavy atom. The van der Waals surface area contributed by atoms with Crippen LogP contribution >= 0.6 is 11.3 Å². The van der Waals surface area contributed by atoms with Crippen LogP contribution in [0.4, 0.5) is 15.2 Å². The van der Waals surface area contributed by atoms with Crippen LogP contribution in [0.1, 0.15) is 21.5 Å². The third kappa shape index (κ3) is 3.62. The molecule has 0 saturated heterocycles. The third-order valence-corrected chi connectivity index (χ3v) is 5.67. The number of fused-ring (bicyclic) bond motifs is 1. The number of carbonyl (C=O) groups excluding carboxylic acids is 1. The van der Waals surface area contributed by atoms with Gasteiger partial charge in [0.1, 0.15) is 11.3 Å². The summed E-state index contributed by atoms with van der Waals surface area (Å²) in [6, 6.07) is 12.5. The minimum Gasteiger partial charge on any atom is -0.279 e. The quantitative estimate of drug-likeness (QED) is 0.337. The molecule has 2 aromatic carbocycles. The molecule has 2 heterocycles. The summed E-state index contributed by atoms with van der Waals surface area (Å²) in [5.41, 5.74) is 1.23. The fraction of sp³-hybridized carbons (Fsp3) is 0.0952. The molecule has 4 aromatic rings. The van der Waals surface area contributed by atoms with Gasteiger partial charge in [-0.3, -0.25) is 24.8 Å². The van der Waals surface area contributed by atoms with E-state index in [-0.39, 0.29) is 28.9 Å². The van der Waals surface area contributed by atoms with E-state index in [0.717, 1.165) is 5.56 Å². The molecule has 0 aliphatic heterocycles. The van der Waals surface area contributed by atoms with Gasteiger partial charge in [-0.05, 0) is 36.8 Å². The number of anilines is 1. The molecule has 0 unspecified atom stereocenters. The number of thiazole rings is 1. The number of halogens is 1. The Bertz CT molecular complexity index is 1260. The van der Waals surface area contributed by atoms with E-state index in [9.17, 15) is 19.3 Å². The highest BCUT2D eigenvalue weighted by Crippen LogP contribution is 2.33. The number of nitrogens with zero attached hydrogens (tertiary/aromatic N) is 4. The largest absolute Gasteiger partial charge is 0.279 e. The topological polar surface area (TPSA) is 89.2 Å². The third-order valence-electron chi connectivity index (χ3n) is 4.63. The van der Waals surface area contributed by atoms with Crippen LogP contribution in [-0.4, -0.2) is 20.8 Å². The van der Waals surface area contributed by atoms with Crippen molar-refractivity contribution in [3.8, 4) is 0 Å². The van der Waals surface area contributed by atoms with Crippen molar-refractivity contribution in [2.75, 3.05) is 4.90 Å². The second-order valence-corrected chi connectivity index (χ2v) is 7.55. The van der Waals surface area contributed by atoms with Gasteiger partial charge in [-0.1, -0.05) is 29.5 Å². The van der Waals surface area contributed by atoms with Gasteiger partial charge in [-0.25, -0.2) is 9.37 Å². The van der Waals surface area contributed by atoms with E-state index < -0.39 is 16.6 Å². The smallest absolute Gasteiger partial charge is 0.273 e. The number of nitro groups is 1. The van der Waals surface area contributed by atoms with Gasteiger partial charge in [0, 0.05) is 29.6 Å². The summed E-state index contributed by atoms with van der Waals surface area (Å²) in [6.45, 7) is 1.67. The second-order valence-electron chi connectivity index (χ2n) is 6.54. The Hall–Kier alpha value is -3.72. The lowest BCUT2D eigenvalue weighted by Crippen LogP contribution is -2.31. The fourth-order valence-corrected chi connectivity index (χ4v) is 4.10. The van der Waals surface area contributed by atoms with E-state index in [1.54, 1.807) is 30.6 Å². The van der Waals surface area contributed by atoms with Crippen LogP contribution in [0.25, 0.3) is 10.2 Å². The zero-order valence-corrected chi connectivity index (χ0v) is 16.6. The minimum atomic E-state index is -0.523. The molecule has 2 aromatic heterocycles. The summed E-state index contributed by atoms with van der Waals surface area (Å²) >= 11 is 1.18. The van der Waals surface area contributed by atoms with E-state index in [0.29, 0.717) is 9.83 Å². The molecule has 9 heteroatoms. The van der Waals surface area contributed by atoms with Gasteiger partial charge < -0.3 is 0 Å². The maximum absolute atomic E-state index is 14.2. The SMILES string of the molecule is Cc1c(C(=O)N(Cc2cccnc2)c2nc3c(F)cccc3s2)cccc1[N+](=O)[O-]. The van der Waals surface area contributed by atoms with Crippen molar-refractivity contribution in [1.29, 1.82) is 0 Å². The van der Waals surface area contributed by atoms with Gasteiger partial charge in [-0.15, -0.1) is 0 Å². The molecule has 0 saturated carbocycles. The number of nitro benzene ring substituents is 1. The maximum atomic E-state index is 14.2. The van der Waals surface area contributed by atoms with E-state index in [4.69, 9.17) is 0 Å². The van der Waals surface area contributed by atoms with Gasteiger partial charge in [-0.2, -0.15) is 0 Å². The molecular formula is C21H15FN4O3S. The van der Waals surface area contributed by atoms with Crippen LogP contribution in [0, 0.1) is 22.9 Å². The average Bonchev–Trinajstić information content (AvgIpc) is 3.18. The van der Waals surface area contributed by atoms with Crippen molar-refractivity contribution in [2.24, 2.45) is 0 Å². The molecule has 4 rings (SSSR count). The number of aromatic nitrogens is 2. The normalized spacial score (nSPS) is 10.9. The standard InChI is InChI=1S/C21H15FN4O3S/c1-13-15(6-2-8-17(13)26(28)29)20(27)25(12-14-5-4-10-23-11-14)21-24-19-16(22)7-3-9-18(19)30-21/h2-11H,12H2,1H3. The first-order chi connectivity index (χ1) is 14.5. The molecule has 0 bridgehead atoms. The first-order valence-electron chi connectivity index (χ1n) is 8.95. The highest BCUT2D eigenvalue weighted by atomic mass is 32.1. The molecule has 0 atom stereocenters. The number of benzene rings is 2. The summed E-state index contributed by atoms with van der Waals surface area (Å²) in [4.78, 5) is 34.0. The Kier molecular flexibility index (Phi) is 5.20. The highest BCUT2D eigenvalue weighted by Gasteiger charge is 2.26. The second kappa shape index (κ2) is 7.96. The lowest BCUT2D eigenvalue weighted by atomic mass is 10.1. The molecule has 7 nitrogen and oxygen atoms in total. The molecule has 0 aliphatic rings. The van der Waals surface area contributed by atoms with Crippen LogP contribution in [0.5, 0.6) is 0 Å². The fourth-order valence-electron chi connectivity index (χ4n) is 3.12. The van der Waals surface area contributed by atoms with E-state index in [1.165, 1.54) is 47.4 Å². The van der Waals surface area contributed by atoms with Crippen LogP contribution in [0.3, 0.4) is 0 Å². The molecule has 150 valence electrons. The number of hydrogen-bond donors (Lipinski definition) is 0. The summed E-state index contributed by atoms with van der Waals surface area (Å²) < 4.78 is 14.8. The maximum Gasteiger partial charge on any atom is 0.273 e. The Morgan fingerprint density at radius 2 is 2.00 bits per heavy atom. The zero-order valence-electron chi connectivity index (χ0n) is 15.8. The van der Waals surface area contributed by atoms with E-state index >= 15 is 0 Å². The van der Waals surface area contributed by atoms with Crippen LogP contribution < -0.4 is 4.90 Å². The number of pyridine rings is 1. The number of rotatable bonds is 5. The monoisotopic (exact) mass is 422 g/mol. The molecular weight excluding hydrogens is 407 g/mol. The zero-order chi connectivity index (χ0) is 21.3. The average molecular weight is 422 g/mol. The van der Waals surface area contributed by atoms with Crippen LogP contribution in [0.2, 0.25) is 0 Å². The first-order valence-corrected chi connectivity index (χ1v) is 9.77. The van der Waals surface area contributed by atoms with E-state index in [1.807, 2.05) is 6.07 Å². The van der Waals surface area contributed by atoms with Crippen LogP contribution in [0.15, 0.2) is 60.9 Å². The number of hydrogen-bond acceptors (Lipinski definition) is 6. The van der Waals surface area contributed by atoms with Gasteiger partial charge in [0.25, 0.3) is 11.6 Å². The minimum absolute atomic E-state index is 0.135. The lowest BCUT2D eigenvalue weighted by molar-refractivity contribution is -0.385. The molecule has 30 heavy (non-hydrogen) atoms. The molecule has 0 fully saturated rings. The van der Waals surface area contributed by atoms with Crippen molar-refractivity contribution < 1.29 is 14.1 Å². The summed E-state index contributed by atoms with van der Waals surface area (Å²) in [6.07, 6.45) is 3.24. The Balaban J connectivity index is 1.83. The van der Waals surface area contributed by atoms with Crippen molar-refractivity contribution in [3.05, 3.63) is 93.5 Å². The predicted molar refractivity (Wildman–Crippen MR) is 112 cm³/mol.